The number of Topliss-reactive ketones (excluding diaryl/α,β-unsaturated/α-hetero) is 1. The minimum absolute atomic E-state index is 0.0779. The summed E-state index contributed by atoms with van der Waals surface area (Å²) in [5, 5.41) is 2.97. The number of cyclic esters (lactones) is 1. The average molecular weight is 385 g/mol. The second-order valence-corrected chi connectivity index (χ2v) is 6.53. The molecule has 0 atom stereocenters. The van der Waals surface area contributed by atoms with E-state index in [0.29, 0.717) is 12.8 Å². The van der Waals surface area contributed by atoms with Gasteiger partial charge in [-0.05, 0) is 67.1 Å². The molecule has 2 rings (SSSR count). The molecule has 0 aromatic heterocycles. The second-order valence-electron chi connectivity index (χ2n) is 5.28. The fourth-order valence-corrected chi connectivity index (χ4v) is 2.22. The number of halogens is 1. The van der Waals surface area contributed by atoms with Crippen LogP contribution in [0.5, 0.6) is 0 Å². The summed E-state index contributed by atoms with van der Waals surface area (Å²) < 4.78 is 6.44. The maximum Gasteiger partial charge on any atom is 0.343 e. The number of esters is 1. The minimum Gasteiger partial charge on any atom is -0.456 e. The highest BCUT2D eigenvalue weighted by Gasteiger charge is 2.33. The van der Waals surface area contributed by atoms with Gasteiger partial charge >= 0.3 is 5.97 Å². The van der Waals surface area contributed by atoms with Crippen molar-refractivity contribution in [1.29, 1.82) is 0 Å². The van der Waals surface area contributed by atoms with Crippen LogP contribution in [0.25, 0.3) is 0 Å². The number of anilines is 1. The van der Waals surface area contributed by atoms with Gasteiger partial charge < -0.3 is 10.1 Å². The molecule has 0 bridgehead atoms. The molecule has 0 amide bonds. The van der Waals surface area contributed by atoms with Gasteiger partial charge in [0.25, 0.3) is 0 Å². The lowest BCUT2D eigenvalue weighted by molar-refractivity contribution is -0.150. The van der Waals surface area contributed by atoms with Crippen molar-refractivity contribution < 1.29 is 14.3 Å². The Morgan fingerprint density at radius 1 is 1.25 bits per heavy atom. The van der Waals surface area contributed by atoms with E-state index in [4.69, 9.17) is 4.74 Å². The Morgan fingerprint density at radius 2 is 1.90 bits per heavy atom. The Bertz CT molecular complexity index is 561. The third-order valence-corrected chi connectivity index (χ3v) is 3.79. The van der Waals surface area contributed by atoms with Gasteiger partial charge in [-0.1, -0.05) is 0 Å². The van der Waals surface area contributed by atoms with Crippen LogP contribution >= 0.6 is 22.6 Å². The van der Waals surface area contributed by atoms with Crippen molar-refractivity contribution in [3.63, 3.8) is 0 Å². The van der Waals surface area contributed by atoms with E-state index in [1.165, 1.54) is 6.20 Å². The Morgan fingerprint density at radius 3 is 2.55 bits per heavy atom. The van der Waals surface area contributed by atoms with E-state index in [2.05, 4.69) is 27.9 Å². The monoisotopic (exact) mass is 385 g/mol. The zero-order valence-electron chi connectivity index (χ0n) is 11.4. The number of nitrogens with one attached hydrogen (secondary N) is 1. The molecule has 1 fully saturated rings. The molecule has 1 aromatic carbocycles. The molecule has 1 saturated heterocycles. The summed E-state index contributed by atoms with van der Waals surface area (Å²) >= 11 is 2.21. The first-order chi connectivity index (χ1) is 9.37. The van der Waals surface area contributed by atoms with E-state index in [1.54, 1.807) is 0 Å². The van der Waals surface area contributed by atoms with E-state index in [-0.39, 0.29) is 11.4 Å². The first-order valence-corrected chi connectivity index (χ1v) is 7.44. The Labute approximate surface area is 131 Å². The van der Waals surface area contributed by atoms with Crippen molar-refractivity contribution in [2.24, 2.45) is 0 Å². The lowest BCUT2D eigenvalue weighted by Crippen LogP contribution is -2.26. The number of ether oxygens (including phenoxy) is 1. The molecule has 1 aromatic rings. The van der Waals surface area contributed by atoms with E-state index in [9.17, 15) is 9.59 Å². The SMILES string of the molecule is CC1(C)CCC(=O)/C(=C/Nc2ccc(I)cc2)C(=O)O1. The summed E-state index contributed by atoms with van der Waals surface area (Å²) in [5.41, 5.74) is 0.307. The lowest BCUT2D eigenvalue weighted by Gasteiger charge is -2.21. The molecule has 0 unspecified atom stereocenters. The molecular weight excluding hydrogens is 369 g/mol. The van der Waals surface area contributed by atoms with Gasteiger partial charge in [-0.25, -0.2) is 4.79 Å². The molecular formula is C15H16INO3. The van der Waals surface area contributed by atoms with Gasteiger partial charge in [0.1, 0.15) is 11.2 Å². The standard InChI is InChI=1S/C15H16INO3/c1-15(2)8-7-13(18)12(14(19)20-15)9-17-11-5-3-10(16)4-6-11/h3-6,9,17H,7-8H2,1-2H3/b12-9-. The average Bonchev–Trinajstić information content (AvgIpc) is 2.47. The topological polar surface area (TPSA) is 55.4 Å². The van der Waals surface area contributed by atoms with Crippen LogP contribution in [-0.2, 0) is 14.3 Å². The smallest absolute Gasteiger partial charge is 0.343 e. The summed E-state index contributed by atoms with van der Waals surface area (Å²) in [5.74, 6) is -0.742. The molecule has 0 aliphatic carbocycles. The third kappa shape index (κ3) is 3.82. The number of ketones is 1. The zero-order valence-corrected chi connectivity index (χ0v) is 13.6. The quantitative estimate of drug-likeness (QED) is 0.368. The Hall–Kier alpha value is -1.37. The number of hydrogen-bond acceptors (Lipinski definition) is 4. The van der Waals surface area contributed by atoms with Crippen molar-refractivity contribution in [3.05, 3.63) is 39.6 Å². The highest BCUT2D eigenvalue weighted by molar-refractivity contribution is 14.1. The summed E-state index contributed by atoms with van der Waals surface area (Å²) in [6.07, 6.45) is 2.30. The van der Waals surface area contributed by atoms with Crippen LogP contribution < -0.4 is 5.32 Å². The van der Waals surface area contributed by atoms with Crippen LogP contribution in [0.15, 0.2) is 36.0 Å². The van der Waals surface area contributed by atoms with Gasteiger partial charge in [0.15, 0.2) is 5.78 Å². The molecule has 1 aliphatic heterocycles. The van der Waals surface area contributed by atoms with E-state index in [0.717, 1.165) is 9.26 Å². The van der Waals surface area contributed by atoms with Crippen molar-refractivity contribution in [2.45, 2.75) is 32.3 Å². The van der Waals surface area contributed by atoms with Crippen LogP contribution in [0.3, 0.4) is 0 Å². The molecule has 5 heteroatoms. The van der Waals surface area contributed by atoms with Crippen LogP contribution in [0, 0.1) is 3.57 Å². The number of carbonyl (C=O) groups excluding carboxylic acids is 2. The van der Waals surface area contributed by atoms with Gasteiger partial charge in [0, 0.05) is 21.9 Å². The molecule has 1 aliphatic rings. The zero-order chi connectivity index (χ0) is 14.8. The molecule has 0 spiro atoms. The summed E-state index contributed by atoms with van der Waals surface area (Å²) in [6.45, 7) is 3.63. The Balaban J connectivity index is 2.17. The summed E-state index contributed by atoms with van der Waals surface area (Å²) in [7, 11) is 0. The van der Waals surface area contributed by atoms with E-state index >= 15 is 0 Å². The highest BCUT2D eigenvalue weighted by atomic mass is 127. The minimum atomic E-state index is -0.592. The predicted molar refractivity (Wildman–Crippen MR) is 85.3 cm³/mol. The first kappa shape index (κ1) is 15.0. The molecule has 106 valence electrons. The van der Waals surface area contributed by atoms with Crippen molar-refractivity contribution in [2.75, 3.05) is 5.32 Å². The molecule has 4 nitrogen and oxygen atoms in total. The molecule has 1 N–H and O–H groups in total. The first-order valence-electron chi connectivity index (χ1n) is 6.36. The fourth-order valence-electron chi connectivity index (χ4n) is 1.86. The summed E-state index contributed by atoms with van der Waals surface area (Å²) in [6, 6.07) is 7.65. The summed E-state index contributed by atoms with van der Waals surface area (Å²) in [4.78, 5) is 23.9. The highest BCUT2D eigenvalue weighted by Crippen LogP contribution is 2.24. The van der Waals surface area contributed by atoms with E-state index in [1.807, 2.05) is 38.1 Å². The number of rotatable bonds is 2. The van der Waals surface area contributed by atoms with Crippen LogP contribution in [0.1, 0.15) is 26.7 Å². The van der Waals surface area contributed by atoms with Crippen molar-refractivity contribution in [1.82, 2.24) is 0 Å². The molecule has 0 radical (unpaired) electrons. The Kier molecular flexibility index (Phi) is 4.47. The normalized spacial score (nSPS) is 20.4. The van der Waals surface area contributed by atoms with Gasteiger partial charge in [-0.15, -0.1) is 0 Å². The molecule has 20 heavy (non-hydrogen) atoms. The van der Waals surface area contributed by atoms with Gasteiger partial charge in [-0.2, -0.15) is 0 Å². The van der Waals surface area contributed by atoms with Crippen LogP contribution in [0.4, 0.5) is 5.69 Å². The number of hydrogen-bond donors (Lipinski definition) is 1. The van der Waals surface area contributed by atoms with Gasteiger partial charge in [-0.3, -0.25) is 4.79 Å². The molecule has 1 heterocycles. The fraction of sp³-hybridized carbons (Fsp3) is 0.333. The van der Waals surface area contributed by atoms with Crippen LogP contribution in [0.2, 0.25) is 0 Å². The molecule has 0 saturated carbocycles. The van der Waals surface area contributed by atoms with Gasteiger partial charge in [0.05, 0.1) is 0 Å². The van der Waals surface area contributed by atoms with Crippen molar-refractivity contribution >= 4 is 40.0 Å². The van der Waals surface area contributed by atoms with Crippen LogP contribution in [-0.4, -0.2) is 17.4 Å². The largest absolute Gasteiger partial charge is 0.456 e. The van der Waals surface area contributed by atoms with E-state index < -0.39 is 11.6 Å². The van der Waals surface area contributed by atoms with Gasteiger partial charge in [0.2, 0.25) is 0 Å². The third-order valence-electron chi connectivity index (χ3n) is 3.07. The number of carbonyl (C=O) groups is 2. The number of benzene rings is 1. The predicted octanol–water partition coefficient (Wildman–Crippen LogP) is 3.27. The lowest BCUT2D eigenvalue weighted by atomic mass is 10.0. The maximum atomic E-state index is 12.0. The maximum absolute atomic E-state index is 12.0. The second kappa shape index (κ2) is 5.95. The van der Waals surface area contributed by atoms with Crippen molar-refractivity contribution in [3.8, 4) is 0 Å².